The largest absolute Gasteiger partial charge is 0.379 e. The van der Waals surface area contributed by atoms with Crippen LogP contribution >= 0.6 is 23.4 Å². The molecule has 190 valence electrons. The number of sulfonamides is 1. The molecule has 2 heterocycles. The summed E-state index contributed by atoms with van der Waals surface area (Å²) in [6.45, 7) is 2.83. The van der Waals surface area contributed by atoms with Crippen molar-refractivity contribution in [3.63, 3.8) is 0 Å². The first-order valence-corrected chi connectivity index (χ1v) is 13.8. The Labute approximate surface area is 218 Å². The van der Waals surface area contributed by atoms with E-state index in [2.05, 4.69) is 5.32 Å². The fourth-order valence-electron chi connectivity index (χ4n) is 3.74. The molecule has 0 bridgehead atoms. The number of hydrogen-bond acceptors (Lipinski definition) is 7. The van der Waals surface area contributed by atoms with E-state index in [9.17, 15) is 22.8 Å². The lowest BCUT2D eigenvalue weighted by molar-refractivity contribution is -0.122. The second-order valence-electron chi connectivity index (χ2n) is 8.10. The molecule has 2 aromatic carbocycles. The molecular formula is C24H24ClN3O6S2. The highest BCUT2D eigenvalue weighted by Crippen LogP contribution is 2.33. The van der Waals surface area contributed by atoms with Crippen molar-refractivity contribution in [2.75, 3.05) is 39.4 Å². The first-order chi connectivity index (χ1) is 17.2. The number of morpholine rings is 1. The van der Waals surface area contributed by atoms with Crippen LogP contribution in [0.4, 0.5) is 4.79 Å². The highest BCUT2D eigenvalue weighted by molar-refractivity contribution is 8.18. The van der Waals surface area contributed by atoms with Crippen molar-refractivity contribution in [2.45, 2.75) is 11.8 Å². The van der Waals surface area contributed by atoms with Gasteiger partial charge in [-0.2, -0.15) is 4.31 Å². The summed E-state index contributed by atoms with van der Waals surface area (Å²) in [4.78, 5) is 39.3. The summed E-state index contributed by atoms with van der Waals surface area (Å²) >= 11 is 6.95. The Morgan fingerprint density at radius 3 is 2.61 bits per heavy atom. The number of rotatable bonds is 7. The first-order valence-electron chi connectivity index (χ1n) is 11.1. The van der Waals surface area contributed by atoms with Crippen LogP contribution < -0.4 is 5.32 Å². The number of benzene rings is 2. The summed E-state index contributed by atoms with van der Waals surface area (Å²) in [5, 5.41) is 2.70. The number of hydrogen-bond donors (Lipinski definition) is 1. The third kappa shape index (κ3) is 5.65. The Hall–Kier alpha value is -2.70. The predicted octanol–water partition coefficient (Wildman–Crippen LogP) is 3.14. The van der Waals surface area contributed by atoms with Gasteiger partial charge in [-0.15, -0.1) is 0 Å². The number of imide groups is 1. The number of halogens is 1. The lowest BCUT2D eigenvalue weighted by atomic mass is 10.1. The average Bonchev–Trinajstić information content (AvgIpc) is 3.13. The molecule has 9 nitrogen and oxygen atoms in total. The molecule has 4 rings (SSSR count). The monoisotopic (exact) mass is 549 g/mol. The number of carbonyl (C=O) groups excluding carboxylic acids is 3. The van der Waals surface area contributed by atoms with Gasteiger partial charge in [0, 0.05) is 36.8 Å². The van der Waals surface area contributed by atoms with Crippen LogP contribution in [0.5, 0.6) is 0 Å². The summed E-state index contributed by atoms with van der Waals surface area (Å²) in [5.74, 6) is -0.959. The normalized spacial score (nSPS) is 18.2. The van der Waals surface area contributed by atoms with Gasteiger partial charge in [0.15, 0.2) is 0 Å². The standard InChI is InChI=1S/C24H24ClN3O6S2/c1-16-6-7-18(36(32,33)27-10-12-34-13-11-27)15-19(16)22(29)26-8-9-28-23(30)21(35-24(28)31)14-17-4-2-3-5-20(17)25/h2-7,14-15H,8-13H2,1H3,(H,26,29)/b21-14-. The third-order valence-electron chi connectivity index (χ3n) is 5.75. The molecule has 2 aliphatic heterocycles. The molecule has 2 fully saturated rings. The molecule has 0 aromatic heterocycles. The van der Waals surface area contributed by atoms with Gasteiger partial charge in [0.25, 0.3) is 17.1 Å². The fraction of sp³-hybridized carbons (Fsp3) is 0.292. The summed E-state index contributed by atoms with van der Waals surface area (Å²) in [5.41, 5.74) is 1.43. The van der Waals surface area contributed by atoms with Crippen LogP contribution in [0.1, 0.15) is 21.5 Å². The third-order valence-corrected chi connectivity index (χ3v) is 8.89. The van der Waals surface area contributed by atoms with Gasteiger partial charge in [0.05, 0.1) is 23.0 Å². The maximum atomic E-state index is 13.0. The van der Waals surface area contributed by atoms with Crippen molar-refractivity contribution in [1.29, 1.82) is 0 Å². The number of nitrogens with zero attached hydrogens (tertiary/aromatic N) is 2. The van der Waals surface area contributed by atoms with Crippen molar-refractivity contribution in [3.05, 3.63) is 69.1 Å². The van der Waals surface area contributed by atoms with Gasteiger partial charge < -0.3 is 10.1 Å². The Morgan fingerprint density at radius 2 is 1.89 bits per heavy atom. The van der Waals surface area contributed by atoms with Crippen LogP contribution in [0, 0.1) is 6.92 Å². The van der Waals surface area contributed by atoms with Crippen LogP contribution in [0.25, 0.3) is 6.08 Å². The minimum absolute atomic E-state index is 0.0100. The summed E-state index contributed by atoms with van der Waals surface area (Å²) < 4.78 is 32.5. The number of thioether (sulfide) groups is 1. The van der Waals surface area contributed by atoms with Gasteiger partial charge in [-0.25, -0.2) is 8.42 Å². The Bertz CT molecular complexity index is 1340. The SMILES string of the molecule is Cc1ccc(S(=O)(=O)N2CCOCC2)cc1C(=O)NCCN1C(=O)S/C(=C\c2ccccc2Cl)C1=O. The van der Waals surface area contributed by atoms with E-state index in [0.29, 0.717) is 29.4 Å². The molecule has 1 N–H and O–H groups in total. The van der Waals surface area contributed by atoms with Gasteiger partial charge in [-0.3, -0.25) is 19.3 Å². The molecule has 2 aliphatic rings. The summed E-state index contributed by atoms with van der Waals surface area (Å²) in [6.07, 6.45) is 1.57. The molecule has 36 heavy (non-hydrogen) atoms. The summed E-state index contributed by atoms with van der Waals surface area (Å²) in [7, 11) is -3.76. The van der Waals surface area contributed by atoms with Gasteiger partial charge in [0.1, 0.15) is 0 Å². The molecule has 0 atom stereocenters. The smallest absolute Gasteiger partial charge is 0.293 e. The van der Waals surface area contributed by atoms with E-state index in [1.54, 1.807) is 43.3 Å². The lowest BCUT2D eigenvalue weighted by Gasteiger charge is -2.26. The van der Waals surface area contributed by atoms with Gasteiger partial charge in [0.2, 0.25) is 10.0 Å². The van der Waals surface area contributed by atoms with Crippen molar-refractivity contribution < 1.29 is 27.5 Å². The van der Waals surface area contributed by atoms with Crippen LogP contribution in [-0.2, 0) is 19.6 Å². The second-order valence-corrected chi connectivity index (χ2v) is 11.4. The van der Waals surface area contributed by atoms with E-state index >= 15 is 0 Å². The molecule has 0 saturated carbocycles. The molecule has 2 aromatic rings. The maximum Gasteiger partial charge on any atom is 0.293 e. The molecule has 0 radical (unpaired) electrons. The minimum atomic E-state index is -3.76. The number of carbonyl (C=O) groups is 3. The predicted molar refractivity (Wildman–Crippen MR) is 137 cm³/mol. The zero-order valence-electron chi connectivity index (χ0n) is 19.4. The minimum Gasteiger partial charge on any atom is -0.379 e. The number of amides is 3. The van der Waals surface area contributed by atoms with E-state index in [-0.39, 0.29) is 41.5 Å². The van der Waals surface area contributed by atoms with Crippen molar-refractivity contribution >= 4 is 56.5 Å². The van der Waals surface area contributed by atoms with E-state index < -0.39 is 27.1 Å². The van der Waals surface area contributed by atoms with Gasteiger partial charge in [-0.1, -0.05) is 35.9 Å². The van der Waals surface area contributed by atoms with Gasteiger partial charge >= 0.3 is 0 Å². The van der Waals surface area contributed by atoms with Crippen molar-refractivity contribution in [1.82, 2.24) is 14.5 Å². The Kier molecular flexibility index (Phi) is 8.16. The van der Waals surface area contributed by atoms with E-state index in [1.165, 1.54) is 16.4 Å². The molecule has 0 unspecified atom stereocenters. The zero-order chi connectivity index (χ0) is 25.9. The van der Waals surface area contributed by atoms with Gasteiger partial charge in [-0.05, 0) is 54.1 Å². The number of aryl methyl sites for hydroxylation is 1. The van der Waals surface area contributed by atoms with E-state index in [4.69, 9.17) is 16.3 Å². The van der Waals surface area contributed by atoms with Crippen molar-refractivity contribution in [2.24, 2.45) is 0 Å². The Morgan fingerprint density at radius 1 is 1.17 bits per heavy atom. The Balaban J connectivity index is 1.41. The second kappa shape index (κ2) is 11.1. The fourth-order valence-corrected chi connectivity index (χ4v) is 6.23. The number of nitrogens with one attached hydrogen (secondary N) is 1. The van der Waals surface area contributed by atoms with E-state index in [0.717, 1.165) is 16.7 Å². The van der Waals surface area contributed by atoms with Crippen LogP contribution in [-0.4, -0.2) is 74.1 Å². The molecule has 0 aliphatic carbocycles. The van der Waals surface area contributed by atoms with E-state index in [1.807, 2.05) is 0 Å². The van der Waals surface area contributed by atoms with Crippen LogP contribution in [0.3, 0.4) is 0 Å². The molecule has 2 saturated heterocycles. The lowest BCUT2D eigenvalue weighted by Crippen LogP contribution is -2.40. The molecular weight excluding hydrogens is 526 g/mol. The first kappa shape index (κ1) is 26.4. The molecule has 0 spiro atoms. The highest BCUT2D eigenvalue weighted by Gasteiger charge is 2.35. The quantitative estimate of drug-likeness (QED) is 0.528. The molecule has 12 heteroatoms. The topological polar surface area (TPSA) is 113 Å². The van der Waals surface area contributed by atoms with Crippen molar-refractivity contribution in [3.8, 4) is 0 Å². The number of ether oxygens (including phenoxy) is 1. The van der Waals surface area contributed by atoms with Crippen LogP contribution in [0.15, 0.2) is 52.3 Å². The zero-order valence-corrected chi connectivity index (χ0v) is 21.8. The highest BCUT2D eigenvalue weighted by atomic mass is 35.5. The van der Waals surface area contributed by atoms with Crippen LogP contribution in [0.2, 0.25) is 5.02 Å². The molecule has 3 amide bonds. The average molecular weight is 550 g/mol. The summed E-state index contributed by atoms with van der Waals surface area (Å²) in [6, 6.07) is 11.4. The maximum absolute atomic E-state index is 13.0.